The molecule has 0 rings (SSSR count). The van der Waals surface area contributed by atoms with E-state index in [0.717, 1.165) is 0 Å². The van der Waals surface area contributed by atoms with Crippen molar-refractivity contribution < 1.29 is 24.2 Å². The van der Waals surface area contributed by atoms with Crippen LogP contribution in [0.5, 0.6) is 0 Å². The van der Waals surface area contributed by atoms with Gasteiger partial charge < -0.3 is 4.74 Å². The molecule has 0 unspecified atom stereocenters. The fraction of sp³-hybridized carbons (Fsp3) is 1.00. The average molecular weight is 203 g/mol. The predicted molar refractivity (Wildman–Crippen MR) is 31.4 cm³/mol. The molecule has 0 saturated carbocycles. The van der Waals surface area contributed by atoms with Gasteiger partial charge in [-0.15, -0.1) is 0 Å². The summed E-state index contributed by atoms with van der Waals surface area (Å²) in [6, 6.07) is 0. The number of hydrogen-bond acceptors (Lipinski definition) is 1. The molecule has 0 amide bonds. The topological polar surface area (TPSA) is 9.23 Å². The molecule has 0 aromatic rings. The maximum absolute atomic E-state index is 5.25. The van der Waals surface area contributed by atoms with Gasteiger partial charge in [0.25, 0.3) is 0 Å². The summed E-state index contributed by atoms with van der Waals surface area (Å²) < 4.78 is 5.25. The van der Waals surface area contributed by atoms with Crippen LogP contribution in [0.25, 0.3) is 0 Å². The molecule has 0 spiro atoms. The van der Waals surface area contributed by atoms with E-state index in [0.29, 0.717) is 12.2 Å². The predicted octanol–water partition coefficient (Wildman–Crippen LogP) is 1.82. The zero-order chi connectivity index (χ0) is 5.86. The summed E-state index contributed by atoms with van der Waals surface area (Å²) in [5.74, 6) is 0. The van der Waals surface area contributed by atoms with Crippen molar-refractivity contribution in [3.63, 3.8) is 0 Å². The zero-order valence-electron chi connectivity index (χ0n) is 5.92. The zero-order valence-corrected chi connectivity index (χ0v) is 7.65. The molecule has 52 valence electrons. The van der Waals surface area contributed by atoms with Crippen LogP contribution in [0.1, 0.15) is 27.7 Å². The second-order valence-corrected chi connectivity index (χ2v) is 2.23. The monoisotopic (exact) mass is 204 g/mol. The smallest absolute Gasteiger partial charge is 0.0522 e. The van der Waals surface area contributed by atoms with E-state index in [9.17, 15) is 0 Å². The summed E-state index contributed by atoms with van der Waals surface area (Å²) in [5, 5.41) is 0. The van der Waals surface area contributed by atoms with Crippen molar-refractivity contribution in [2.45, 2.75) is 39.9 Å². The Morgan fingerprint density at radius 3 is 1.12 bits per heavy atom. The Morgan fingerprint density at radius 1 is 0.875 bits per heavy atom. The van der Waals surface area contributed by atoms with Gasteiger partial charge in [-0.3, -0.25) is 0 Å². The fourth-order valence-corrected chi connectivity index (χ4v) is 0.544. The SMILES string of the molecule is CC(C)OC(C)C.[Ru]. The van der Waals surface area contributed by atoms with Crippen LogP contribution < -0.4 is 0 Å². The molecule has 0 N–H and O–H groups in total. The van der Waals surface area contributed by atoms with Gasteiger partial charge in [0.05, 0.1) is 12.2 Å². The Bertz CT molecular complexity index is 37.8. The molecular weight excluding hydrogens is 189 g/mol. The molecule has 2 heteroatoms. The fourth-order valence-electron chi connectivity index (χ4n) is 0.544. The first-order valence-corrected chi connectivity index (χ1v) is 2.78. The maximum atomic E-state index is 5.25. The summed E-state index contributed by atoms with van der Waals surface area (Å²) in [6.45, 7) is 8.17. The first-order valence-electron chi connectivity index (χ1n) is 2.78. The number of hydrogen-bond donors (Lipinski definition) is 0. The Kier molecular flexibility index (Phi) is 8.14. The summed E-state index contributed by atoms with van der Waals surface area (Å²) in [5.41, 5.74) is 0. The van der Waals surface area contributed by atoms with Gasteiger partial charge in [0, 0.05) is 19.5 Å². The minimum atomic E-state index is 0. The quantitative estimate of drug-likeness (QED) is 0.622. The molecule has 0 atom stereocenters. The molecule has 0 aromatic carbocycles. The van der Waals surface area contributed by atoms with Gasteiger partial charge in [0.2, 0.25) is 0 Å². The second kappa shape index (κ2) is 5.72. The Morgan fingerprint density at radius 2 is 1.12 bits per heavy atom. The molecule has 0 fully saturated rings. The van der Waals surface area contributed by atoms with E-state index in [1.807, 2.05) is 27.7 Å². The van der Waals surface area contributed by atoms with Gasteiger partial charge in [-0.05, 0) is 27.7 Å². The van der Waals surface area contributed by atoms with Gasteiger partial charge in [-0.1, -0.05) is 0 Å². The van der Waals surface area contributed by atoms with Crippen LogP contribution in [-0.2, 0) is 24.2 Å². The normalized spacial score (nSPS) is 9.75. The Labute approximate surface area is 64.6 Å². The van der Waals surface area contributed by atoms with Crippen molar-refractivity contribution in [3.05, 3.63) is 0 Å². The summed E-state index contributed by atoms with van der Waals surface area (Å²) in [6.07, 6.45) is 0.750. The molecule has 0 aromatic heterocycles. The van der Waals surface area contributed by atoms with Crippen LogP contribution in [-0.4, -0.2) is 12.2 Å². The third kappa shape index (κ3) is 9.77. The van der Waals surface area contributed by atoms with Gasteiger partial charge in [-0.25, -0.2) is 0 Å². The molecule has 0 saturated heterocycles. The van der Waals surface area contributed by atoms with Crippen LogP contribution in [0.15, 0.2) is 0 Å². The van der Waals surface area contributed by atoms with Gasteiger partial charge in [-0.2, -0.15) is 0 Å². The molecule has 1 nitrogen and oxygen atoms in total. The van der Waals surface area contributed by atoms with E-state index in [2.05, 4.69) is 0 Å². The van der Waals surface area contributed by atoms with Crippen molar-refractivity contribution >= 4 is 0 Å². The van der Waals surface area contributed by atoms with E-state index in [4.69, 9.17) is 4.74 Å². The first-order chi connectivity index (χ1) is 3.13. The number of ether oxygens (including phenoxy) is 1. The Hall–Kier alpha value is 0.583. The maximum Gasteiger partial charge on any atom is 0.0522 e. The number of rotatable bonds is 2. The van der Waals surface area contributed by atoms with E-state index >= 15 is 0 Å². The minimum absolute atomic E-state index is 0. The van der Waals surface area contributed by atoms with Crippen LogP contribution in [0.3, 0.4) is 0 Å². The summed E-state index contributed by atoms with van der Waals surface area (Å²) >= 11 is 0. The average Bonchev–Trinajstić information content (AvgIpc) is 1.27. The summed E-state index contributed by atoms with van der Waals surface area (Å²) in [4.78, 5) is 0. The van der Waals surface area contributed by atoms with Crippen molar-refractivity contribution in [2.24, 2.45) is 0 Å². The van der Waals surface area contributed by atoms with Crippen LogP contribution >= 0.6 is 0 Å². The third-order valence-electron chi connectivity index (χ3n) is 0.544. The third-order valence-corrected chi connectivity index (χ3v) is 0.544. The Balaban J connectivity index is 0. The van der Waals surface area contributed by atoms with Crippen molar-refractivity contribution in [1.29, 1.82) is 0 Å². The largest absolute Gasteiger partial charge is 0.376 e. The van der Waals surface area contributed by atoms with Gasteiger partial charge in [0.15, 0.2) is 0 Å². The first kappa shape index (κ1) is 11.4. The van der Waals surface area contributed by atoms with E-state index < -0.39 is 0 Å². The summed E-state index contributed by atoms with van der Waals surface area (Å²) in [7, 11) is 0. The van der Waals surface area contributed by atoms with Crippen molar-refractivity contribution in [2.75, 3.05) is 0 Å². The van der Waals surface area contributed by atoms with Crippen molar-refractivity contribution in [1.82, 2.24) is 0 Å². The van der Waals surface area contributed by atoms with E-state index in [-0.39, 0.29) is 19.5 Å². The second-order valence-electron chi connectivity index (χ2n) is 2.23. The molecular formula is C6H14ORu. The van der Waals surface area contributed by atoms with Crippen LogP contribution in [0.2, 0.25) is 0 Å². The molecule has 0 aliphatic heterocycles. The van der Waals surface area contributed by atoms with Gasteiger partial charge in [0.1, 0.15) is 0 Å². The molecule has 0 aliphatic carbocycles. The molecule has 8 heavy (non-hydrogen) atoms. The van der Waals surface area contributed by atoms with Crippen LogP contribution in [0.4, 0.5) is 0 Å². The molecule has 0 heterocycles. The van der Waals surface area contributed by atoms with Gasteiger partial charge >= 0.3 is 0 Å². The van der Waals surface area contributed by atoms with E-state index in [1.165, 1.54) is 0 Å². The molecule has 0 bridgehead atoms. The van der Waals surface area contributed by atoms with E-state index in [1.54, 1.807) is 0 Å². The minimum Gasteiger partial charge on any atom is -0.376 e. The molecule has 0 radical (unpaired) electrons. The van der Waals surface area contributed by atoms with Crippen molar-refractivity contribution in [3.8, 4) is 0 Å². The standard InChI is InChI=1S/C6H14O.Ru/c1-5(2)7-6(3)4;/h5-6H,1-4H3;. The molecule has 0 aliphatic rings. The van der Waals surface area contributed by atoms with Crippen LogP contribution in [0, 0.1) is 0 Å².